The number of amides is 2. The van der Waals surface area contributed by atoms with E-state index < -0.39 is 67.1 Å². The minimum atomic E-state index is -4.45. The Morgan fingerprint density at radius 3 is 2.33 bits per heavy atom. The van der Waals surface area contributed by atoms with Gasteiger partial charge in [0.05, 0.1) is 36.6 Å². The number of hydrogen-bond acceptors (Lipinski definition) is 4. The number of halogens is 7. The molecule has 4 atom stereocenters. The molecule has 7 nitrogen and oxygen atoms in total. The Morgan fingerprint density at radius 1 is 1.05 bits per heavy atom. The van der Waals surface area contributed by atoms with Crippen LogP contribution in [0.5, 0.6) is 0 Å². The number of alkyl halides is 7. The molecule has 220 valence electrons. The van der Waals surface area contributed by atoms with E-state index in [1.165, 1.54) is 10.7 Å². The van der Waals surface area contributed by atoms with E-state index in [1.807, 2.05) is 0 Å². The molecule has 5 rings (SSSR count). The van der Waals surface area contributed by atoms with Gasteiger partial charge in [-0.25, -0.2) is 27.1 Å². The van der Waals surface area contributed by atoms with Gasteiger partial charge < -0.3 is 10.6 Å². The molecule has 3 saturated carbocycles. The number of imidazole rings is 1. The van der Waals surface area contributed by atoms with Crippen LogP contribution in [0.3, 0.4) is 0 Å². The number of aromatic nitrogens is 3. The molecule has 0 radical (unpaired) electrons. The Balaban J connectivity index is 1.36. The molecule has 2 N–H and O–H groups in total. The molecule has 0 aromatic carbocycles. The molecule has 40 heavy (non-hydrogen) atoms. The first-order chi connectivity index (χ1) is 18.8. The van der Waals surface area contributed by atoms with Gasteiger partial charge in [0.2, 0.25) is 24.2 Å². The predicted octanol–water partition coefficient (Wildman–Crippen LogP) is 5.52. The number of carbonyl (C=O) groups excluding carboxylic acids is 2. The molecule has 3 aliphatic rings. The highest BCUT2D eigenvalue weighted by atomic mass is 19.4. The van der Waals surface area contributed by atoms with Gasteiger partial charge in [-0.15, -0.1) is 0 Å². The Labute approximate surface area is 225 Å². The summed E-state index contributed by atoms with van der Waals surface area (Å²) in [5, 5.41) is 9.79. The molecule has 0 aliphatic heterocycles. The van der Waals surface area contributed by atoms with E-state index in [9.17, 15) is 40.3 Å². The minimum Gasteiger partial charge on any atom is -0.349 e. The number of nitrogens with one attached hydrogen (secondary N) is 2. The molecule has 2 aromatic heterocycles. The molecule has 3 aliphatic carbocycles. The van der Waals surface area contributed by atoms with E-state index >= 15 is 0 Å². The van der Waals surface area contributed by atoms with E-state index in [0.29, 0.717) is 16.9 Å². The van der Waals surface area contributed by atoms with Gasteiger partial charge in [-0.05, 0) is 55.6 Å². The molecule has 2 aromatic rings. The molecule has 3 fully saturated rings. The van der Waals surface area contributed by atoms with Crippen LogP contribution in [-0.4, -0.2) is 44.9 Å². The highest BCUT2D eigenvalue weighted by molar-refractivity contribution is 5.82. The van der Waals surface area contributed by atoms with Crippen LogP contribution in [-0.2, 0) is 9.59 Å². The van der Waals surface area contributed by atoms with Gasteiger partial charge in [0.1, 0.15) is 0 Å². The summed E-state index contributed by atoms with van der Waals surface area (Å²) in [6.07, 6.45) is -4.81. The lowest BCUT2D eigenvalue weighted by Gasteiger charge is -2.33. The van der Waals surface area contributed by atoms with Gasteiger partial charge >= 0.3 is 6.18 Å². The highest BCUT2D eigenvalue weighted by Crippen LogP contribution is 2.46. The molecule has 14 heteroatoms. The summed E-state index contributed by atoms with van der Waals surface area (Å²) in [6.45, 7) is 0. The molecule has 0 saturated heterocycles. The number of fused-ring (bicyclic) bond motifs is 1. The third-order valence-electron chi connectivity index (χ3n) is 8.11. The first-order valence-corrected chi connectivity index (χ1v) is 13.5. The highest BCUT2D eigenvalue weighted by Gasteiger charge is 2.50. The molecule has 0 spiro atoms. The Hall–Kier alpha value is -2.93. The summed E-state index contributed by atoms with van der Waals surface area (Å²) in [5.74, 6) is -6.29. The van der Waals surface area contributed by atoms with Gasteiger partial charge in [0.25, 0.3) is 0 Å². The summed E-state index contributed by atoms with van der Waals surface area (Å²) >= 11 is 0. The second kappa shape index (κ2) is 10.8. The van der Waals surface area contributed by atoms with Crippen molar-refractivity contribution in [2.24, 2.45) is 23.7 Å². The van der Waals surface area contributed by atoms with E-state index in [2.05, 4.69) is 20.7 Å². The lowest BCUT2D eigenvalue weighted by molar-refractivity contribution is -0.144. The number of hydrogen-bond donors (Lipinski definition) is 2. The molecular weight excluding hydrogens is 547 g/mol. The maximum absolute atomic E-state index is 13.9. The molecule has 0 bridgehead atoms. The summed E-state index contributed by atoms with van der Waals surface area (Å²) in [6, 6.07) is 0.315. The second-order valence-corrected chi connectivity index (χ2v) is 11.3. The average molecular weight is 578 g/mol. The van der Waals surface area contributed by atoms with Crippen LogP contribution in [0.25, 0.3) is 5.65 Å². The van der Waals surface area contributed by atoms with Crippen molar-refractivity contribution in [2.75, 3.05) is 0 Å². The zero-order valence-electron chi connectivity index (χ0n) is 21.4. The Bertz CT molecular complexity index is 1240. The second-order valence-electron chi connectivity index (χ2n) is 11.3. The maximum atomic E-state index is 13.9. The fraction of sp³-hybridized carbons (Fsp3) is 0.692. The molecular formula is C26H30F7N5O2. The van der Waals surface area contributed by atoms with Crippen molar-refractivity contribution in [3.8, 4) is 0 Å². The predicted molar refractivity (Wildman–Crippen MR) is 127 cm³/mol. The van der Waals surface area contributed by atoms with Crippen LogP contribution < -0.4 is 10.6 Å². The summed E-state index contributed by atoms with van der Waals surface area (Å²) in [4.78, 5) is 29.6. The van der Waals surface area contributed by atoms with E-state index in [1.54, 1.807) is 12.3 Å². The lowest BCUT2D eigenvalue weighted by atomic mass is 9.81. The van der Waals surface area contributed by atoms with Crippen LogP contribution in [0.1, 0.15) is 81.1 Å². The van der Waals surface area contributed by atoms with Gasteiger partial charge in [-0.2, -0.15) is 18.3 Å². The SMILES string of the molecule is O=C(CCC(F)(F)F)NC(c1cnn2cc([C@@H](NC(=O)[C@@H]3C[C@H]3C(F)F)C3CCC(F)(F)CC3)nc2c1)C1CC1. The number of rotatable bonds is 10. The van der Waals surface area contributed by atoms with Crippen molar-refractivity contribution in [2.45, 2.75) is 88.4 Å². The Kier molecular flexibility index (Phi) is 7.73. The van der Waals surface area contributed by atoms with Crippen molar-refractivity contribution >= 4 is 17.5 Å². The fourth-order valence-electron chi connectivity index (χ4n) is 5.52. The van der Waals surface area contributed by atoms with Crippen molar-refractivity contribution in [1.82, 2.24) is 25.2 Å². The van der Waals surface area contributed by atoms with Crippen LogP contribution in [0.15, 0.2) is 18.5 Å². The van der Waals surface area contributed by atoms with Gasteiger partial charge in [-0.3, -0.25) is 9.59 Å². The molecule has 2 heterocycles. The van der Waals surface area contributed by atoms with Crippen LogP contribution in [0, 0.1) is 23.7 Å². The smallest absolute Gasteiger partial charge is 0.349 e. The molecule has 1 unspecified atom stereocenters. The van der Waals surface area contributed by atoms with E-state index in [0.717, 1.165) is 12.8 Å². The van der Waals surface area contributed by atoms with Gasteiger partial charge in [0.15, 0.2) is 5.65 Å². The van der Waals surface area contributed by atoms with Crippen LogP contribution in [0.2, 0.25) is 0 Å². The maximum Gasteiger partial charge on any atom is 0.389 e. The zero-order chi connectivity index (χ0) is 28.8. The largest absolute Gasteiger partial charge is 0.389 e. The standard InChI is InChI=1S/C26H30F7N5O2/c27-23(28)16-10-17(16)24(40)37-22(14-3-6-25(29,30)7-4-14)18-12-38-19(35-18)9-15(11-34-38)21(13-1-2-13)36-20(39)5-8-26(31,32)33/h9,11-14,16-17,21-23H,1-8,10H2,(H,36,39)(H,37,40)/t16-,17-,21?,22+/m1/s1. The quantitative estimate of drug-likeness (QED) is 0.364. The monoisotopic (exact) mass is 577 g/mol. The van der Waals surface area contributed by atoms with E-state index in [-0.39, 0.29) is 43.9 Å². The summed E-state index contributed by atoms with van der Waals surface area (Å²) in [5.41, 5.74) is 1.24. The summed E-state index contributed by atoms with van der Waals surface area (Å²) in [7, 11) is 0. The number of carbonyl (C=O) groups is 2. The third kappa shape index (κ3) is 6.85. The van der Waals surface area contributed by atoms with Crippen molar-refractivity contribution in [3.63, 3.8) is 0 Å². The normalized spacial score (nSPS) is 24.6. The third-order valence-corrected chi connectivity index (χ3v) is 8.11. The Morgan fingerprint density at radius 2 is 1.73 bits per heavy atom. The zero-order valence-corrected chi connectivity index (χ0v) is 21.4. The molecule has 2 amide bonds. The first-order valence-electron chi connectivity index (χ1n) is 13.5. The van der Waals surface area contributed by atoms with Crippen LogP contribution >= 0.6 is 0 Å². The summed E-state index contributed by atoms with van der Waals surface area (Å²) < 4.78 is 92.9. The average Bonchev–Trinajstić information content (AvgIpc) is 3.80. The van der Waals surface area contributed by atoms with Gasteiger partial charge in [0, 0.05) is 31.1 Å². The van der Waals surface area contributed by atoms with Crippen molar-refractivity contribution in [3.05, 3.63) is 29.7 Å². The van der Waals surface area contributed by atoms with Crippen molar-refractivity contribution < 1.29 is 40.3 Å². The first kappa shape index (κ1) is 28.6. The lowest BCUT2D eigenvalue weighted by Crippen LogP contribution is -2.38. The van der Waals surface area contributed by atoms with Gasteiger partial charge in [-0.1, -0.05) is 0 Å². The number of nitrogens with zero attached hydrogens (tertiary/aromatic N) is 3. The van der Waals surface area contributed by atoms with Crippen LogP contribution in [0.4, 0.5) is 30.7 Å². The minimum absolute atomic E-state index is 0.0470. The fourth-order valence-corrected chi connectivity index (χ4v) is 5.52. The van der Waals surface area contributed by atoms with E-state index in [4.69, 9.17) is 0 Å². The topological polar surface area (TPSA) is 88.4 Å². The van der Waals surface area contributed by atoms with Crippen molar-refractivity contribution in [1.29, 1.82) is 0 Å².